The lowest BCUT2D eigenvalue weighted by Gasteiger charge is -2.15. The number of hydrogen-bond acceptors (Lipinski definition) is 6. The molecule has 3 heterocycles. The molecule has 6 rings (SSSR count). The normalized spacial score (nSPS) is 12.4. The van der Waals surface area contributed by atoms with Gasteiger partial charge in [-0.15, -0.1) is 5.10 Å². The van der Waals surface area contributed by atoms with E-state index in [-0.39, 0.29) is 5.56 Å². The molecule has 204 valence electrons. The van der Waals surface area contributed by atoms with Gasteiger partial charge in [0, 0.05) is 18.0 Å². The first-order chi connectivity index (χ1) is 19.0. The van der Waals surface area contributed by atoms with Crippen LogP contribution in [0.3, 0.4) is 0 Å². The lowest BCUT2D eigenvalue weighted by atomic mass is 10.0. The molecule has 0 saturated carbocycles. The molecule has 11 nitrogen and oxygen atoms in total. The van der Waals surface area contributed by atoms with Crippen LogP contribution in [-0.2, 0) is 11.8 Å². The minimum atomic E-state index is -5.08. The van der Waals surface area contributed by atoms with Crippen LogP contribution in [0.1, 0.15) is 18.5 Å². The van der Waals surface area contributed by atoms with Gasteiger partial charge in [-0.3, -0.25) is 14.5 Å². The summed E-state index contributed by atoms with van der Waals surface area (Å²) < 4.78 is 34.7. The van der Waals surface area contributed by atoms with E-state index in [1.54, 1.807) is 16.8 Å². The first-order valence-electron chi connectivity index (χ1n) is 11.8. The Hall–Kier alpha value is -5.27. The largest absolute Gasteiger partial charge is 0.490 e. The van der Waals surface area contributed by atoms with Crippen molar-refractivity contribution in [3.8, 4) is 11.3 Å². The number of fused-ring (bicyclic) bond motifs is 3. The molecule has 0 aliphatic rings. The minimum absolute atomic E-state index is 0.342. The van der Waals surface area contributed by atoms with E-state index >= 15 is 0 Å². The molecule has 14 heteroatoms. The van der Waals surface area contributed by atoms with E-state index in [1.807, 2.05) is 62.5 Å². The maximum atomic E-state index is 13.5. The predicted octanol–water partition coefficient (Wildman–Crippen LogP) is 3.76. The zero-order valence-corrected chi connectivity index (χ0v) is 20.9. The molecule has 0 spiro atoms. The molecular formula is C26H20F3N7O4. The van der Waals surface area contributed by atoms with Crippen LogP contribution in [0.15, 0.2) is 70.3 Å². The Morgan fingerprint density at radius 3 is 2.38 bits per heavy atom. The number of alkyl halides is 3. The Morgan fingerprint density at radius 1 is 1.00 bits per heavy atom. The number of aliphatic carboxylic acids is 1. The number of aromatic amines is 2. The van der Waals surface area contributed by atoms with Gasteiger partial charge in [-0.25, -0.2) is 14.3 Å². The second-order valence-corrected chi connectivity index (χ2v) is 8.93. The first-order valence-corrected chi connectivity index (χ1v) is 11.8. The molecule has 0 radical (unpaired) electrons. The van der Waals surface area contributed by atoms with Crippen molar-refractivity contribution >= 4 is 38.8 Å². The fraction of sp³-hybridized carbons (Fsp3) is 0.154. The monoisotopic (exact) mass is 551 g/mol. The van der Waals surface area contributed by atoms with Gasteiger partial charge in [0.1, 0.15) is 11.2 Å². The Labute approximate surface area is 221 Å². The highest BCUT2D eigenvalue weighted by atomic mass is 19.4. The zero-order valence-electron chi connectivity index (χ0n) is 20.9. The van der Waals surface area contributed by atoms with Crippen molar-refractivity contribution in [1.82, 2.24) is 34.7 Å². The SMILES string of the molecule is C[C@H](c1ccccc1)n1c(=O)[nH]c2cc3[nH]nc(-c4ccc5nnn(C)c5c4)c3cc2c1=O.O=C(O)C(F)(F)F. The third kappa shape index (κ3) is 4.70. The molecule has 3 N–H and O–H groups in total. The molecule has 1 atom stereocenters. The number of aromatic nitrogens is 7. The van der Waals surface area contributed by atoms with Gasteiger partial charge in [-0.2, -0.15) is 18.3 Å². The summed E-state index contributed by atoms with van der Waals surface area (Å²) in [5.41, 5.74) is 4.55. The van der Waals surface area contributed by atoms with Gasteiger partial charge >= 0.3 is 17.8 Å². The molecule has 0 fully saturated rings. The summed E-state index contributed by atoms with van der Waals surface area (Å²) in [5, 5.41) is 24.0. The van der Waals surface area contributed by atoms with Gasteiger partial charge in [0.25, 0.3) is 5.56 Å². The van der Waals surface area contributed by atoms with Crippen LogP contribution < -0.4 is 11.2 Å². The summed E-state index contributed by atoms with van der Waals surface area (Å²) in [5.74, 6) is -2.76. The fourth-order valence-corrected chi connectivity index (χ4v) is 4.37. The van der Waals surface area contributed by atoms with E-state index in [4.69, 9.17) is 9.90 Å². The van der Waals surface area contributed by atoms with Gasteiger partial charge in [0.05, 0.1) is 28.0 Å². The van der Waals surface area contributed by atoms with Crippen molar-refractivity contribution in [2.75, 3.05) is 0 Å². The summed E-state index contributed by atoms with van der Waals surface area (Å²) in [6, 6.07) is 18.4. The van der Waals surface area contributed by atoms with E-state index in [0.717, 1.165) is 33.1 Å². The topological polar surface area (TPSA) is 152 Å². The quantitative estimate of drug-likeness (QED) is 0.303. The van der Waals surface area contributed by atoms with Crippen molar-refractivity contribution in [3.63, 3.8) is 0 Å². The van der Waals surface area contributed by atoms with Crippen LogP contribution in [0.5, 0.6) is 0 Å². The predicted molar refractivity (Wildman–Crippen MR) is 140 cm³/mol. The molecule has 0 bridgehead atoms. The molecule has 3 aromatic heterocycles. The smallest absolute Gasteiger partial charge is 0.475 e. The number of hydrogen-bond donors (Lipinski definition) is 3. The van der Waals surface area contributed by atoms with E-state index in [0.29, 0.717) is 16.6 Å². The van der Waals surface area contributed by atoms with Crippen molar-refractivity contribution in [2.24, 2.45) is 7.05 Å². The van der Waals surface area contributed by atoms with Crippen LogP contribution >= 0.6 is 0 Å². The molecule has 0 aliphatic carbocycles. The van der Waals surface area contributed by atoms with E-state index in [2.05, 4.69) is 25.5 Å². The van der Waals surface area contributed by atoms with E-state index in [9.17, 15) is 22.8 Å². The third-order valence-electron chi connectivity index (χ3n) is 6.41. The second-order valence-electron chi connectivity index (χ2n) is 8.93. The summed E-state index contributed by atoms with van der Waals surface area (Å²) in [6.45, 7) is 1.84. The number of halogens is 3. The highest BCUT2D eigenvalue weighted by molar-refractivity contribution is 6.01. The number of carbonyl (C=O) groups is 1. The third-order valence-corrected chi connectivity index (χ3v) is 6.41. The van der Waals surface area contributed by atoms with Crippen LogP contribution in [0.2, 0.25) is 0 Å². The van der Waals surface area contributed by atoms with Crippen LogP contribution in [-0.4, -0.2) is 52.0 Å². The zero-order chi connectivity index (χ0) is 28.8. The summed E-state index contributed by atoms with van der Waals surface area (Å²) in [6.07, 6.45) is -5.08. The highest BCUT2D eigenvalue weighted by Crippen LogP contribution is 2.30. The summed E-state index contributed by atoms with van der Waals surface area (Å²) in [4.78, 5) is 38.0. The standard InChI is InChI=1S/C24H19N7O2.C2HF3O2/c1-13(14-6-4-3-5-7-14)31-23(32)17-11-16-20(12-19(17)25-24(31)33)26-28-22(16)15-8-9-18-21(10-15)30(2)29-27-18;3-2(4,5)1(6)7/h3-13H,1-2H3,(H,25,33)(H,26,28);(H,6,7)/t13-;/m1./s1. The van der Waals surface area contributed by atoms with Crippen molar-refractivity contribution in [1.29, 1.82) is 0 Å². The molecule has 0 aliphatic heterocycles. The maximum absolute atomic E-state index is 13.5. The van der Waals surface area contributed by atoms with Crippen molar-refractivity contribution < 1.29 is 23.1 Å². The number of nitrogens with zero attached hydrogens (tertiary/aromatic N) is 5. The maximum Gasteiger partial charge on any atom is 0.490 e. The number of carboxylic acids is 1. The average molecular weight is 551 g/mol. The first kappa shape index (κ1) is 26.3. The van der Waals surface area contributed by atoms with Crippen molar-refractivity contribution in [3.05, 3.63) is 87.1 Å². The lowest BCUT2D eigenvalue weighted by molar-refractivity contribution is -0.192. The molecule has 3 aromatic carbocycles. The average Bonchev–Trinajstić information content (AvgIpc) is 3.50. The van der Waals surface area contributed by atoms with Crippen LogP contribution in [0.25, 0.3) is 44.1 Å². The molecule has 0 unspecified atom stereocenters. The second kappa shape index (κ2) is 9.80. The number of aryl methyl sites for hydroxylation is 1. The van der Waals surface area contributed by atoms with Gasteiger partial charge in [0.15, 0.2) is 0 Å². The Balaban J connectivity index is 0.000000411. The number of rotatable bonds is 3. The molecule has 6 aromatic rings. The van der Waals surface area contributed by atoms with Crippen LogP contribution in [0, 0.1) is 0 Å². The van der Waals surface area contributed by atoms with E-state index in [1.165, 1.54) is 4.57 Å². The van der Waals surface area contributed by atoms with Crippen LogP contribution in [0.4, 0.5) is 13.2 Å². The summed E-state index contributed by atoms with van der Waals surface area (Å²) >= 11 is 0. The van der Waals surface area contributed by atoms with Gasteiger partial charge < -0.3 is 10.1 Å². The van der Waals surface area contributed by atoms with Gasteiger partial charge in [-0.1, -0.05) is 41.6 Å². The van der Waals surface area contributed by atoms with Crippen molar-refractivity contribution in [2.45, 2.75) is 19.1 Å². The van der Waals surface area contributed by atoms with Gasteiger partial charge in [-0.05, 0) is 36.8 Å². The van der Waals surface area contributed by atoms with E-state index < -0.39 is 23.9 Å². The molecule has 0 saturated heterocycles. The number of benzene rings is 3. The number of nitrogens with one attached hydrogen (secondary N) is 2. The molecule has 40 heavy (non-hydrogen) atoms. The molecular weight excluding hydrogens is 531 g/mol. The number of H-pyrrole nitrogens is 2. The summed E-state index contributed by atoms with van der Waals surface area (Å²) in [7, 11) is 1.84. The minimum Gasteiger partial charge on any atom is -0.475 e. The Morgan fingerprint density at radius 2 is 1.70 bits per heavy atom. The fourth-order valence-electron chi connectivity index (χ4n) is 4.37. The lowest BCUT2D eigenvalue weighted by Crippen LogP contribution is -2.37. The Bertz CT molecular complexity index is 2010. The Kier molecular flexibility index (Phi) is 6.45. The number of carboxylic acid groups (broad SMARTS) is 1. The molecule has 0 amide bonds. The van der Waals surface area contributed by atoms with Gasteiger partial charge in [0.2, 0.25) is 0 Å². The highest BCUT2D eigenvalue weighted by Gasteiger charge is 2.38.